The molecular weight excluding hydrogens is 244 g/mol. The normalized spacial score (nSPS) is 16.0. The Kier molecular flexibility index (Phi) is 5.20. The molecule has 0 aromatic carbocycles. The molecule has 0 spiro atoms. The number of hydrogen-bond donors (Lipinski definition) is 1. The van der Waals surface area contributed by atoms with E-state index in [4.69, 9.17) is 9.47 Å². The highest BCUT2D eigenvalue weighted by molar-refractivity contribution is 5.64. The molecule has 1 aromatic rings. The predicted molar refractivity (Wildman–Crippen MR) is 75.0 cm³/mol. The highest BCUT2D eigenvalue weighted by Gasteiger charge is 2.19. The standard InChI is InChI=1S/C13H22N4O2/c1-3-5-14-12-11(18-2)13(16-10-15-12)17-6-4-8-19-9-7-17/h10H,3-9H2,1-2H3,(H,14,15,16). The van der Waals surface area contributed by atoms with E-state index in [-0.39, 0.29) is 0 Å². The van der Waals surface area contributed by atoms with Crippen LogP contribution in [0.5, 0.6) is 5.75 Å². The van der Waals surface area contributed by atoms with Gasteiger partial charge < -0.3 is 19.7 Å². The van der Waals surface area contributed by atoms with Gasteiger partial charge in [-0.1, -0.05) is 6.92 Å². The Hall–Kier alpha value is -1.56. The van der Waals surface area contributed by atoms with Crippen molar-refractivity contribution in [3.8, 4) is 5.75 Å². The van der Waals surface area contributed by atoms with Gasteiger partial charge in [0.2, 0.25) is 5.75 Å². The molecule has 1 aliphatic heterocycles. The van der Waals surface area contributed by atoms with Crippen LogP contribution in [0.1, 0.15) is 19.8 Å². The van der Waals surface area contributed by atoms with Gasteiger partial charge in [-0.15, -0.1) is 0 Å². The van der Waals surface area contributed by atoms with E-state index in [1.165, 1.54) is 0 Å². The molecule has 19 heavy (non-hydrogen) atoms. The van der Waals surface area contributed by atoms with Crippen molar-refractivity contribution in [2.75, 3.05) is 50.2 Å². The van der Waals surface area contributed by atoms with Crippen molar-refractivity contribution in [1.29, 1.82) is 0 Å². The van der Waals surface area contributed by atoms with Crippen molar-refractivity contribution in [2.45, 2.75) is 19.8 Å². The number of rotatable bonds is 5. The summed E-state index contributed by atoms with van der Waals surface area (Å²) in [6.45, 7) is 6.29. The Morgan fingerprint density at radius 2 is 2.26 bits per heavy atom. The second kappa shape index (κ2) is 7.13. The monoisotopic (exact) mass is 266 g/mol. The maximum Gasteiger partial charge on any atom is 0.204 e. The summed E-state index contributed by atoms with van der Waals surface area (Å²) >= 11 is 0. The third-order valence-electron chi connectivity index (χ3n) is 3.05. The lowest BCUT2D eigenvalue weighted by Gasteiger charge is -2.23. The summed E-state index contributed by atoms with van der Waals surface area (Å²) < 4.78 is 11.0. The van der Waals surface area contributed by atoms with Gasteiger partial charge in [0.1, 0.15) is 6.33 Å². The predicted octanol–water partition coefficient (Wildman–Crippen LogP) is 1.53. The largest absolute Gasteiger partial charge is 0.490 e. The van der Waals surface area contributed by atoms with Crippen LogP contribution in [0, 0.1) is 0 Å². The van der Waals surface area contributed by atoms with Crippen LogP contribution in [0.4, 0.5) is 11.6 Å². The average molecular weight is 266 g/mol. The lowest BCUT2D eigenvalue weighted by Crippen LogP contribution is -2.27. The topological polar surface area (TPSA) is 59.5 Å². The number of nitrogens with one attached hydrogen (secondary N) is 1. The van der Waals surface area contributed by atoms with Gasteiger partial charge in [-0.25, -0.2) is 9.97 Å². The van der Waals surface area contributed by atoms with Crippen molar-refractivity contribution in [3.05, 3.63) is 6.33 Å². The molecule has 0 atom stereocenters. The minimum atomic E-state index is 0.720. The van der Waals surface area contributed by atoms with Gasteiger partial charge >= 0.3 is 0 Å². The molecule has 0 unspecified atom stereocenters. The van der Waals surface area contributed by atoms with E-state index < -0.39 is 0 Å². The molecule has 1 aromatic heterocycles. The summed E-state index contributed by atoms with van der Waals surface area (Å²) in [5.41, 5.74) is 0. The first-order valence-corrected chi connectivity index (χ1v) is 6.82. The first-order valence-electron chi connectivity index (χ1n) is 6.82. The molecule has 0 radical (unpaired) electrons. The first kappa shape index (κ1) is 13.9. The Bertz CT molecular complexity index is 392. The zero-order chi connectivity index (χ0) is 13.5. The van der Waals surface area contributed by atoms with E-state index in [2.05, 4.69) is 27.1 Å². The highest BCUT2D eigenvalue weighted by Crippen LogP contribution is 2.32. The maximum atomic E-state index is 5.50. The fourth-order valence-corrected chi connectivity index (χ4v) is 2.10. The van der Waals surface area contributed by atoms with E-state index >= 15 is 0 Å². The number of aromatic nitrogens is 2. The number of methoxy groups -OCH3 is 1. The smallest absolute Gasteiger partial charge is 0.204 e. The Balaban J connectivity index is 2.22. The van der Waals surface area contributed by atoms with Crippen molar-refractivity contribution in [2.24, 2.45) is 0 Å². The third-order valence-corrected chi connectivity index (χ3v) is 3.05. The van der Waals surface area contributed by atoms with Crippen molar-refractivity contribution in [3.63, 3.8) is 0 Å². The summed E-state index contributed by atoms with van der Waals surface area (Å²) in [5.74, 6) is 2.33. The van der Waals surface area contributed by atoms with Gasteiger partial charge in [0.25, 0.3) is 0 Å². The fraction of sp³-hybridized carbons (Fsp3) is 0.692. The van der Waals surface area contributed by atoms with Gasteiger partial charge in [-0.2, -0.15) is 0 Å². The molecular formula is C13H22N4O2. The summed E-state index contributed by atoms with van der Waals surface area (Å²) in [6.07, 6.45) is 3.63. The molecule has 0 saturated carbocycles. The van der Waals surface area contributed by atoms with Crippen molar-refractivity contribution >= 4 is 11.6 Å². The summed E-state index contributed by atoms with van der Waals surface area (Å²) in [5, 5.41) is 3.27. The Labute approximate surface area is 114 Å². The summed E-state index contributed by atoms with van der Waals surface area (Å²) in [7, 11) is 1.66. The van der Waals surface area contributed by atoms with Crippen molar-refractivity contribution in [1.82, 2.24) is 9.97 Å². The van der Waals surface area contributed by atoms with Gasteiger partial charge in [0.15, 0.2) is 11.6 Å². The number of anilines is 2. The van der Waals surface area contributed by atoms with Gasteiger partial charge in [-0.05, 0) is 12.8 Å². The second-order valence-corrected chi connectivity index (χ2v) is 4.46. The number of ether oxygens (including phenoxy) is 2. The lowest BCUT2D eigenvalue weighted by molar-refractivity contribution is 0.152. The zero-order valence-electron chi connectivity index (χ0n) is 11.7. The Morgan fingerprint density at radius 3 is 3.05 bits per heavy atom. The Morgan fingerprint density at radius 1 is 1.37 bits per heavy atom. The van der Waals surface area contributed by atoms with Crippen LogP contribution in [0.2, 0.25) is 0 Å². The van der Waals surface area contributed by atoms with E-state index in [1.807, 2.05) is 0 Å². The minimum Gasteiger partial charge on any atom is -0.490 e. The highest BCUT2D eigenvalue weighted by atomic mass is 16.5. The summed E-state index contributed by atoms with van der Waals surface area (Å²) in [4.78, 5) is 10.8. The first-order chi connectivity index (χ1) is 9.36. The maximum absolute atomic E-state index is 5.50. The van der Waals surface area contributed by atoms with E-state index in [9.17, 15) is 0 Å². The van der Waals surface area contributed by atoms with Gasteiger partial charge in [0, 0.05) is 26.2 Å². The zero-order valence-corrected chi connectivity index (χ0v) is 11.7. The quantitative estimate of drug-likeness (QED) is 0.872. The average Bonchev–Trinajstić information content (AvgIpc) is 2.73. The second-order valence-electron chi connectivity index (χ2n) is 4.46. The van der Waals surface area contributed by atoms with Crippen LogP contribution >= 0.6 is 0 Å². The van der Waals surface area contributed by atoms with Crippen molar-refractivity contribution < 1.29 is 9.47 Å². The molecule has 106 valence electrons. The SMILES string of the molecule is CCCNc1ncnc(N2CCCOCC2)c1OC. The molecule has 1 fully saturated rings. The molecule has 2 rings (SSSR count). The molecule has 1 N–H and O–H groups in total. The molecule has 6 nitrogen and oxygen atoms in total. The van der Waals surface area contributed by atoms with Crippen LogP contribution in [-0.4, -0.2) is 49.9 Å². The molecule has 1 aliphatic rings. The van der Waals surface area contributed by atoms with E-state index in [0.717, 1.165) is 63.1 Å². The van der Waals surface area contributed by atoms with Crippen LogP contribution in [0.15, 0.2) is 6.33 Å². The number of hydrogen-bond acceptors (Lipinski definition) is 6. The fourth-order valence-electron chi connectivity index (χ4n) is 2.10. The van der Waals surface area contributed by atoms with Crippen LogP contribution in [0.25, 0.3) is 0 Å². The molecule has 0 bridgehead atoms. The van der Waals surface area contributed by atoms with Crippen LogP contribution in [-0.2, 0) is 4.74 Å². The van der Waals surface area contributed by atoms with Gasteiger partial charge in [0.05, 0.1) is 13.7 Å². The molecule has 0 amide bonds. The van der Waals surface area contributed by atoms with Crippen LogP contribution < -0.4 is 15.0 Å². The van der Waals surface area contributed by atoms with Gasteiger partial charge in [-0.3, -0.25) is 0 Å². The molecule has 2 heterocycles. The molecule has 1 saturated heterocycles. The summed E-state index contributed by atoms with van der Waals surface area (Å²) in [6, 6.07) is 0. The minimum absolute atomic E-state index is 0.720. The number of nitrogens with zero attached hydrogens (tertiary/aromatic N) is 3. The third kappa shape index (κ3) is 3.47. The van der Waals surface area contributed by atoms with Crippen LogP contribution in [0.3, 0.4) is 0 Å². The van der Waals surface area contributed by atoms with E-state index in [1.54, 1.807) is 13.4 Å². The van der Waals surface area contributed by atoms with E-state index in [0.29, 0.717) is 0 Å². The molecule has 0 aliphatic carbocycles. The molecule has 6 heteroatoms. The lowest BCUT2D eigenvalue weighted by atomic mass is 10.3.